The number of anilines is 2. The molecule has 2 aromatic carbocycles. The molecule has 9 heteroatoms. The van der Waals surface area contributed by atoms with E-state index in [1.807, 2.05) is 25.1 Å². The third-order valence-corrected chi connectivity index (χ3v) is 4.06. The Bertz CT molecular complexity index is 914. The molecular weight excluding hydrogens is 428 g/mol. The quantitative estimate of drug-likeness (QED) is 0.378. The molecule has 0 spiro atoms. The van der Waals surface area contributed by atoms with Crippen molar-refractivity contribution in [3.63, 3.8) is 0 Å². The van der Waals surface area contributed by atoms with Gasteiger partial charge in [0.25, 0.3) is 0 Å². The number of rotatable bonds is 4. The van der Waals surface area contributed by atoms with Crippen LogP contribution in [0.25, 0.3) is 5.69 Å². The summed E-state index contributed by atoms with van der Waals surface area (Å²) in [7, 11) is 0. The number of nitro groups is 1. The lowest BCUT2D eigenvalue weighted by molar-refractivity contribution is -0.387. The summed E-state index contributed by atoms with van der Waals surface area (Å²) in [6.45, 7) is 1.92. The molecule has 0 amide bonds. The molecule has 7 nitrogen and oxygen atoms in total. The Kier molecular flexibility index (Phi) is 4.42. The first-order valence-corrected chi connectivity index (χ1v) is 7.91. The first-order valence-electron chi connectivity index (χ1n) is 6.83. The van der Waals surface area contributed by atoms with Crippen LogP contribution < -0.4 is 5.32 Å². The summed E-state index contributed by atoms with van der Waals surface area (Å²) in [6.07, 6.45) is 2.97. The summed E-state index contributed by atoms with van der Waals surface area (Å²) >= 11 is 2.20. The molecule has 1 heterocycles. The average molecular weight is 439 g/mol. The van der Waals surface area contributed by atoms with Crippen LogP contribution in [0.15, 0.2) is 42.7 Å². The molecule has 1 aromatic heterocycles. The van der Waals surface area contributed by atoms with E-state index in [-0.39, 0.29) is 0 Å². The van der Waals surface area contributed by atoms with Crippen LogP contribution in [0, 0.1) is 26.4 Å². The zero-order valence-corrected chi connectivity index (χ0v) is 14.6. The maximum atomic E-state index is 14.1. The minimum absolute atomic E-state index is 0.332. The van der Waals surface area contributed by atoms with Crippen molar-refractivity contribution in [3.8, 4) is 5.69 Å². The van der Waals surface area contributed by atoms with E-state index in [0.717, 1.165) is 27.0 Å². The fourth-order valence-corrected chi connectivity index (χ4v) is 2.88. The molecule has 3 aromatic rings. The summed E-state index contributed by atoms with van der Waals surface area (Å²) in [5.41, 5.74) is 1.80. The van der Waals surface area contributed by atoms with Gasteiger partial charge in [0.2, 0.25) is 5.82 Å². The van der Waals surface area contributed by atoms with Crippen molar-refractivity contribution in [2.45, 2.75) is 6.92 Å². The SMILES string of the molecule is Cc1cc(I)ccc1Nc1cc(F)c([N+](=O)[O-])cc1-n1ccnn1. The fraction of sp³-hybridized carbons (Fsp3) is 0.0667. The molecule has 0 saturated carbocycles. The van der Waals surface area contributed by atoms with Gasteiger partial charge >= 0.3 is 5.69 Å². The van der Waals surface area contributed by atoms with Crippen molar-refractivity contribution in [3.05, 3.63) is 67.8 Å². The van der Waals surface area contributed by atoms with E-state index in [1.54, 1.807) is 0 Å². The van der Waals surface area contributed by atoms with E-state index in [2.05, 4.69) is 38.2 Å². The monoisotopic (exact) mass is 439 g/mol. The second-order valence-electron chi connectivity index (χ2n) is 5.01. The highest BCUT2D eigenvalue weighted by Crippen LogP contribution is 2.31. The van der Waals surface area contributed by atoms with E-state index in [4.69, 9.17) is 0 Å². The topological polar surface area (TPSA) is 85.9 Å². The van der Waals surface area contributed by atoms with Gasteiger partial charge in [0.1, 0.15) is 0 Å². The van der Waals surface area contributed by atoms with Gasteiger partial charge in [-0.3, -0.25) is 10.1 Å². The summed E-state index contributed by atoms with van der Waals surface area (Å²) in [5.74, 6) is -0.922. The number of halogens is 2. The smallest absolute Gasteiger partial charge is 0.307 e. The van der Waals surface area contributed by atoms with Crippen molar-refractivity contribution < 1.29 is 9.31 Å². The molecule has 1 N–H and O–H groups in total. The first kappa shape index (κ1) is 16.3. The van der Waals surface area contributed by atoms with Crippen LogP contribution in [0.1, 0.15) is 5.56 Å². The predicted octanol–water partition coefficient (Wildman–Crippen LogP) is 3.97. The maximum Gasteiger partial charge on any atom is 0.307 e. The third kappa shape index (κ3) is 3.20. The molecule has 0 aliphatic carbocycles. The normalized spacial score (nSPS) is 10.6. The van der Waals surface area contributed by atoms with Crippen molar-refractivity contribution in [1.29, 1.82) is 0 Å². The predicted molar refractivity (Wildman–Crippen MR) is 95.2 cm³/mol. The largest absolute Gasteiger partial charge is 0.353 e. The molecule has 0 unspecified atom stereocenters. The summed E-state index contributed by atoms with van der Waals surface area (Å²) in [4.78, 5) is 10.2. The van der Waals surface area contributed by atoms with Crippen molar-refractivity contribution >= 4 is 39.7 Å². The van der Waals surface area contributed by atoms with Gasteiger partial charge in [-0.05, 0) is 53.3 Å². The Morgan fingerprint density at radius 2 is 2.08 bits per heavy atom. The average Bonchev–Trinajstić information content (AvgIpc) is 3.04. The lowest BCUT2D eigenvalue weighted by Gasteiger charge is -2.14. The number of nitrogens with zero attached hydrogens (tertiary/aromatic N) is 4. The number of nitrogens with one attached hydrogen (secondary N) is 1. The Hall–Kier alpha value is -2.56. The van der Waals surface area contributed by atoms with Gasteiger partial charge < -0.3 is 5.32 Å². The molecule has 3 rings (SSSR count). The van der Waals surface area contributed by atoms with Gasteiger partial charge in [0, 0.05) is 21.4 Å². The number of nitro benzene ring substituents is 1. The molecule has 0 radical (unpaired) electrons. The summed E-state index contributed by atoms with van der Waals surface area (Å²) in [6, 6.07) is 7.97. The number of hydrogen-bond acceptors (Lipinski definition) is 5. The second kappa shape index (κ2) is 6.51. The standard InChI is InChI=1S/C15H11FIN5O2/c1-9-6-10(17)2-3-12(9)19-13-7-11(16)14(22(23)24)8-15(13)21-5-4-18-20-21/h2-8,19H,1H3. The highest BCUT2D eigenvalue weighted by atomic mass is 127. The third-order valence-electron chi connectivity index (χ3n) is 3.39. The van der Waals surface area contributed by atoms with Gasteiger partial charge in [-0.25, -0.2) is 4.68 Å². The van der Waals surface area contributed by atoms with Crippen molar-refractivity contribution in [2.24, 2.45) is 0 Å². The van der Waals surface area contributed by atoms with Gasteiger partial charge in [0.05, 0.1) is 28.7 Å². The van der Waals surface area contributed by atoms with E-state index >= 15 is 0 Å². The van der Waals surface area contributed by atoms with Crippen LogP contribution in [-0.4, -0.2) is 19.9 Å². The van der Waals surface area contributed by atoms with Crippen LogP contribution in [0.2, 0.25) is 0 Å². The number of hydrogen-bond donors (Lipinski definition) is 1. The van der Waals surface area contributed by atoms with E-state index in [0.29, 0.717) is 11.4 Å². The lowest BCUT2D eigenvalue weighted by Crippen LogP contribution is -2.05. The van der Waals surface area contributed by atoms with Gasteiger partial charge in [-0.1, -0.05) is 5.21 Å². The van der Waals surface area contributed by atoms with E-state index in [1.165, 1.54) is 17.1 Å². The number of aryl methyl sites for hydroxylation is 1. The lowest BCUT2D eigenvalue weighted by atomic mass is 10.1. The zero-order chi connectivity index (χ0) is 17.3. The van der Waals surface area contributed by atoms with Crippen LogP contribution in [-0.2, 0) is 0 Å². The molecule has 0 bridgehead atoms. The molecular formula is C15H11FIN5O2. The summed E-state index contributed by atoms with van der Waals surface area (Å²) in [5, 5.41) is 21.6. The second-order valence-corrected chi connectivity index (χ2v) is 6.26. The Morgan fingerprint density at radius 3 is 2.71 bits per heavy atom. The molecule has 0 saturated heterocycles. The van der Waals surface area contributed by atoms with E-state index < -0.39 is 16.4 Å². The Balaban J connectivity index is 2.12. The van der Waals surface area contributed by atoms with E-state index in [9.17, 15) is 14.5 Å². The fourth-order valence-electron chi connectivity index (χ4n) is 2.23. The molecule has 122 valence electrons. The van der Waals surface area contributed by atoms with Gasteiger partial charge in [0.15, 0.2) is 0 Å². The number of benzene rings is 2. The molecule has 0 aliphatic rings. The Morgan fingerprint density at radius 1 is 1.29 bits per heavy atom. The Labute approximate surface area is 149 Å². The van der Waals surface area contributed by atoms with Crippen LogP contribution in [0.3, 0.4) is 0 Å². The highest BCUT2D eigenvalue weighted by molar-refractivity contribution is 14.1. The van der Waals surface area contributed by atoms with Gasteiger partial charge in [-0.15, -0.1) is 5.10 Å². The number of aromatic nitrogens is 3. The minimum Gasteiger partial charge on any atom is -0.353 e. The first-order chi connectivity index (χ1) is 11.5. The molecule has 0 atom stereocenters. The minimum atomic E-state index is -0.922. The van der Waals surface area contributed by atoms with Crippen LogP contribution in [0.4, 0.5) is 21.5 Å². The summed E-state index contributed by atoms with van der Waals surface area (Å²) < 4.78 is 16.5. The zero-order valence-electron chi connectivity index (χ0n) is 12.4. The van der Waals surface area contributed by atoms with Crippen LogP contribution in [0.5, 0.6) is 0 Å². The molecule has 24 heavy (non-hydrogen) atoms. The van der Waals surface area contributed by atoms with Crippen LogP contribution >= 0.6 is 22.6 Å². The van der Waals surface area contributed by atoms with Crippen molar-refractivity contribution in [1.82, 2.24) is 15.0 Å². The van der Waals surface area contributed by atoms with Crippen molar-refractivity contribution in [2.75, 3.05) is 5.32 Å². The van der Waals surface area contributed by atoms with Gasteiger partial charge in [-0.2, -0.15) is 4.39 Å². The molecule has 0 fully saturated rings. The highest BCUT2D eigenvalue weighted by Gasteiger charge is 2.20. The molecule has 0 aliphatic heterocycles. The maximum absolute atomic E-state index is 14.1.